The molecule has 1 aliphatic rings. The summed E-state index contributed by atoms with van der Waals surface area (Å²) >= 11 is 3.52. The molecule has 1 saturated heterocycles. The maximum Gasteiger partial charge on any atom is 0.349 e. The smallest absolute Gasteiger partial charge is 0.349 e. The van der Waals surface area contributed by atoms with E-state index in [2.05, 4.69) is 36.0 Å². The molecule has 1 unspecified atom stereocenters. The van der Waals surface area contributed by atoms with Crippen LogP contribution in [0.1, 0.15) is 12.2 Å². The van der Waals surface area contributed by atoms with Crippen LogP contribution in [-0.2, 0) is 0 Å². The number of fused-ring (bicyclic) bond motifs is 1. The summed E-state index contributed by atoms with van der Waals surface area (Å²) in [6.07, 6.45) is 1.17. The van der Waals surface area contributed by atoms with Crippen LogP contribution in [0.15, 0.2) is 10.9 Å². The first kappa shape index (κ1) is 11.7. The van der Waals surface area contributed by atoms with E-state index < -0.39 is 0 Å². The molecule has 0 bridgehead atoms. The first-order chi connectivity index (χ1) is 8.69. The second-order valence-electron chi connectivity index (χ2n) is 4.64. The van der Waals surface area contributed by atoms with E-state index in [0.717, 1.165) is 24.2 Å². The van der Waals surface area contributed by atoms with Crippen LogP contribution in [0, 0.1) is 12.8 Å². The van der Waals surface area contributed by atoms with Crippen LogP contribution in [0.3, 0.4) is 0 Å². The minimum absolute atomic E-state index is 0.235. The summed E-state index contributed by atoms with van der Waals surface area (Å²) < 4.78 is 1.49. The van der Waals surface area contributed by atoms with E-state index in [9.17, 15) is 4.79 Å². The fourth-order valence-electron chi connectivity index (χ4n) is 2.41. The van der Waals surface area contributed by atoms with Crippen LogP contribution in [0.5, 0.6) is 0 Å². The van der Waals surface area contributed by atoms with Crippen molar-refractivity contribution in [1.29, 1.82) is 0 Å². The Kier molecular flexibility index (Phi) is 2.85. The molecule has 3 rings (SSSR count). The molecule has 0 saturated carbocycles. The van der Waals surface area contributed by atoms with Crippen LogP contribution in [-0.4, -0.2) is 38.0 Å². The highest BCUT2D eigenvalue weighted by Crippen LogP contribution is 2.24. The van der Waals surface area contributed by atoms with E-state index in [-0.39, 0.29) is 5.69 Å². The molecule has 7 heteroatoms. The summed E-state index contributed by atoms with van der Waals surface area (Å²) in [6, 6.07) is 1.86. The Labute approximate surface area is 112 Å². The van der Waals surface area contributed by atoms with Crippen LogP contribution < -0.4 is 10.6 Å². The number of alkyl halides is 1. The number of nitrogens with one attached hydrogen (secondary N) is 1. The molecule has 1 fully saturated rings. The molecule has 0 radical (unpaired) electrons. The Bertz CT molecular complexity index is 634. The first-order valence-corrected chi connectivity index (χ1v) is 7.07. The lowest BCUT2D eigenvalue weighted by molar-refractivity contribution is 0.675. The van der Waals surface area contributed by atoms with Gasteiger partial charge in [-0.25, -0.2) is 19.3 Å². The fourth-order valence-corrected chi connectivity index (χ4v) is 2.94. The van der Waals surface area contributed by atoms with Gasteiger partial charge in [0.25, 0.3) is 0 Å². The van der Waals surface area contributed by atoms with Gasteiger partial charge in [0.1, 0.15) is 11.6 Å². The van der Waals surface area contributed by atoms with E-state index in [0.29, 0.717) is 17.4 Å². The molecular formula is C11H14BrN5O. The quantitative estimate of drug-likeness (QED) is 0.839. The fraction of sp³-hybridized carbons (Fsp3) is 0.545. The van der Waals surface area contributed by atoms with Crippen molar-refractivity contribution in [2.75, 3.05) is 23.3 Å². The maximum atomic E-state index is 11.5. The zero-order chi connectivity index (χ0) is 12.7. The van der Waals surface area contributed by atoms with Crippen molar-refractivity contribution >= 4 is 27.4 Å². The Morgan fingerprint density at radius 3 is 3.17 bits per heavy atom. The number of H-pyrrole nitrogens is 1. The summed E-state index contributed by atoms with van der Waals surface area (Å²) in [5, 5.41) is 7.47. The number of anilines is 1. The second-order valence-corrected chi connectivity index (χ2v) is 5.29. The number of halogens is 1. The lowest BCUT2D eigenvalue weighted by atomic mass is 10.2. The molecule has 2 aromatic rings. The van der Waals surface area contributed by atoms with Crippen molar-refractivity contribution in [1.82, 2.24) is 19.6 Å². The molecule has 96 valence electrons. The highest BCUT2D eigenvalue weighted by molar-refractivity contribution is 9.09. The Morgan fingerprint density at radius 1 is 1.61 bits per heavy atom. The van der Waals surface area contributed by atoms with Crippen molar-refractivity contribution in [3.05, 3.63) is 22.4 Å². The topological polar surface area (TPSA) is 66.3 Å². The third-order valence-corrected chi connectivity index (χ3v) is 4.30. The number of hydrogen-bond donors (Lipinski definition) is 1. The summed E-state index contributed by atoms with van der Waals surface area (Å²) in [5.74, 6) is 2.25. The van der Waals surface area contributed by atoms with Gasteiger partial charge in [-0.05, 0) is 19.3 Å². The van der Waals surface area contributed by atoms with Gasteiger partial charge in [0.15, 0.2) is 5.65 Å². The van der Waals surface area contributed by atoms with Crippen molar-refractivity contribution in [2.45, 2.75) is 13.3 Å². The van der Waals surface area contributed by atoms with Gasteiger partial charge in [0.2, 0.25) is 0 Å². The molecule has 1 atom stereocenters. The standard InChI is InChI=1S/C11H14BrN5O/c1-7-13-9(16-3-2-8(5-12)6-16)4-10-14-15-11(18)17(7)10/h4,8H,2-3,5-6H2,1H3,(H,15,18). The number of aromatic amines is 1. The van der Waals surface area contributed by atoms with E-state index >= 15 is 0 Å². The minimum Gasteiger partial charge on any atom is -0.356 e. The van der Waals surface area contributed by atoms with Gasteiger partial charge in [0.05, 0.1) is 0 Å². The number of nitrogens with zero attached hydrogens (tertiary/aromatic N) is 4. The van der Waals surface area contributed by atoms with Gasteiger partial charge in [-0.1, -0.05) is 15.9 Å². The summed E-state index contributed by atoms with van der Waals surface area (Å²) in [7, 11) is 0. The zero-order valence-corrected chi connectivity index (χ0v) is 11.6. The van der Waals surface area contributed by atoms with E-state index in [1.165, 1.54) is 10.8 Å². The van der Waals surface area contributed by atoms with Gasteiger partial charge in [-0.3, -0.25) is 0 Å². The molecule has 0 aliphatic carbocycles. The monoisotopic (exact) mass is 311 g/mol. The number of aromatic nitrogens is 4. The average molecular weight is 312 g/mol. The van der Waals surface area contributed by atoms with E-state index in [1.807, 2.05) is 13.0 Å². The lowest BCUT2D eigenvalue weighted by Crippen LogP contribution is -2.23. The maximum absolute atomic E-state index is 11.5. The predicted molar refractivity (Wildman–Crippen MR) is 72.5 cm³/mol. The molecule has 3 heterocycles. The minimum atomic E-state index is -0.235. The van der Waals surface area contributed by atoms with Gasteiger partial charge < -0.3 is 4.90 Å². The summed E-state index contributed by atoms with van der Waals surface area (Å²) in [5.41, 5.74) is 0.395. The van der Waals surface area contributed by atoms with Gasteiger partial charge in [0, 0.05) is 24.5 Å². The second kappa shape index (κ2) is 4.38. The first-order valence-electron chi connectivity index (χ1n) is 5.94. The van der Waals surface area contributed by atoms with E-state index in [4.69, 9.17) is 0 Å². The highest BCUT2D eigenvalue weighted by Gasteiger charge is 2.23. The Balaban J connectivity index is 2.01. The molecular weight excluding hydrogens is 298 g/mol. The highest BCUT2D eigenvalue weighted by atomic mass is 79.9. The number of rotatable bonds is 2. The Morgan fingerprint density at radius 2 is 2.44 bits per heavy atom. The van der Waals surface area contributed by atoms with Crippen molar-refractivity contribution < 1.29 is 0 Å². The molecule has 1 N–H and O–H groups in total. The molecule has 0 spiro atoms. The SMILES string of the molecule is Cc1nc(N2CCC(CBr)C2)cc2n[nH]c(=O)n12. The van der Waals surface area contributed by atoms with Crippen molar-refractivity contribution in [2.24, 2.45) is 5.92 Å². The molecule has 18 heavy (non-hydrogen) atoms. The van der Waals surface area contributed by atoms with Crippen LogP contribution in [0.2, 0.25) is 0 Å². The lowest BCUT2D eigenvalue weighted by Gasteiger charge is -2.17. The predicted octanol–water partition coefficient (Wildman–Crippen LogP) is 0.947. The van der Waals surface area contributed by atoms with E-state index in [1.54, 1.807) is 0 Å². The molecule has 2 aromatic heterocycles. The average Bonchev–Trinajstić information content (AvgIpc) is 2.96. The van der Waals surface area contributed by atoms with Gasteiger partial charge >= 0.3 is 5.69 Å². The van der Waals surface area contributed by atoms with Gasteiger partial charge in [-0.2, -0.15) is 5.10 Å². The molecule has 0 amide bonds. The molecule has 6 nitrogen and oxygen atoms in total. The van der Waals surface area contributed by atoms with Crippen LogP contribution in [0.25, 0.3) is 5.65 Å². The Hall–Kier alpha value is -1.37. The summed E-state index contributed by atoms with van der Waals surface area (Å²) in [4.78, 5) is 18.3. The number of aryl methyl sites for hydroxylation is 1. The third kappa shape index (κ3) is 1.82. The zero-order valence-electron chi connectivity index (χ0n) is 10.1. The van der Waals surface area contributed by atoms with Crippen LogP contribution >= 0.6 is 15.9 Å². The van der Waals surface area contributed by atoms with Gasteiger partial charge in [-0.15, -0.1) is 0 Å². The largest absolute Gasteiger partial charge is 0.356 e. The number of hydrogen-bond acceptors (Lipinski definition) is 4. The van der Waals surface area contributed by atoms with Crippen molar-refractivity contribution in [3.8, 4) is 0 Å². The van der Waals surface area contributed by atoms with Crippen LogP contribution in [0.4, 0.5) is 5.82 Å². The third-order valence-electron chi connectivity index (χ3n) is 3.38. The summed E-state index contributed by atoms with van der Waals surface area (Å²) in [6.45, 7) is 3.83. The molecule has 1 aliphatic heterocycles. The normalized spacial score (nSPS) is 19.9. The molecule has 0 aromatic carbocycles. The van der Waals surface area contributed by atoms with Crippen molar-refractivity contribution in [3.63, 3.8) is 0 Å².